The molecule has 1 aromatic carbocycles. The Bertz CT molecular complexity index is 780. The lowest BCUT2D eigenvalue weighted by atomic mass is 10.1. The number of aryl methyl sites for hydroxylation is 1. The number of carbonyl (C=O) groups excluding carboxylic acids is 1. The van der Waals surface area contributed by atoms with Crippen LogP contribution in [-0.2, 0) is 23.1 Å². The second-order valence-corrected chi connectivity index (χ2v) is 8.11. The van der Waals surface area contributed by atoms with Crippen LogP contribution in [0.1, 0.15) is 30.1 Å². The lowest BCUT2D eigenvalue weighted by molar-refractivity contribution is -0.921. The van der Waals surface area contributed by atoms with Crippen LogP contribution in [0.4, 0.5) is 5.69 Å². The number of amides is 1. The number of benzene rings is 1. The van der Waals surface area contributed by atoms with E-state index < -0.39 is 0 Å². The Morgan fingerprint density at radius 3 is 2.68 bits per heavy atom. The molecule has 1 aromatic heterocycles. The second-order valence-electron chi connectivity index (χ2n) is 8.11. The van der Waals surface area contributed by atoms with Gasteiger partial charge in [0.05, 0.1) is 25.5 Å². The summed E-state index contributed by atoms with van der Waals surface area (Å²) in [5.41, 5.74) is 3.53. The molecule has 1 unspecified atom stereocenters. The molecule has 3 N–H and O–H groups in total. The SMILES string of the molecule is Cn1cccc1[C@@H]1CCC[NH+]1CC(=O)Nc1ccc(C[NH+]2CCOCC2)cc1. The molecule has 4 rings (SSSR count). The highest BCUT2D eigenvalue weighted by Crippen LogP contribution is 2.19. The summed E-state index contributed by atoms with van der Waals surface area (Å²) in [6.07, 6.45) is 4.42. The molecule has 6 nitrogen and oxygen atoms in total. The van der Waals surface area contributed by atoms with Gasteiger partial charge < -0.3 is 24.4 Å². The van der Waals surface area contributed by atoms with E-state index in [-0.39, 0.29) is 5.91 Å². The predicted molar refractivity (Wildman–Crippen MR) is 108 cm³/mol. The topological polar surface area (TPSA) is 52.1 Å². The van der Waals surface area contributed by atoms with E-state index >= 15 is 0 Å². The van der Waals surface area contributed by atoms with Crippen LogP contribution in [0.15, 0.2) is 42.6 Å². The van der Waals surface area contributed by atoms with Crippen molar-refractivity contribution in [3.8, 4) is 0 Å². The first-order valence-electron chi connectivity index (χ1n) is 10.4. The molecular formula is C22H32N4O2+2. The quantitative estimate of drug-likeness (QED) is 0.646. The van der Waals surface area contributed by atoms with Crippen LogP contribution in [-0.4, -0.2) is 49.9 Å². The molecule has 0 saturated carbocycles. The lowest BCUT2D eigenvalue weighted by Crippen LogP contribution is -3.12. The monoisotopic (exact) mass is 384 g/mol. The van der Waals surface area contributed by atoms with Crippen molar-refractivity contribution < 1.29 is 19.3 Å². The number of hydrogen-bond donors (Lipinski definition) is 3. The molecule has 1 amide bonds. The maximum Gasteiger partial charge on any atom is 0.279 e. The van der Waals surface area contributed by atoms with Gasteiger partial charge in [-0.1, -0.05) is 12.1 Å². The minimum absolute atomic E-state index is 0.0997. The summed E-state index contributed by atoms with van der Waals surface area (Å²) in [6.45, 7) is 6.45. The van der Waals surface area contributed by atoms with Crippen LogP contribution in [0, 0.1) is 0 Å². The zero-order valence-corrected chi connectivity index (χ0v) is 16.7. The lowest BCUT2D eigenvalue weighted by Gasteiger charge is -2.23. The average Bonchev–Trinajstić information content (AvgIpc) is 3.32. The van der Waals surface area contributed by atoms with Gasteiger partial charge in [0, 0.05) is 37.3 Å². The van der Waals surface area contributed by atoms with Crippen molar-refractivity contribution in [3.05, 3.63) is 53.9 Å². The summed E-state index contributed by atoms with van der Waals surface area (Å²) in [4.78, 5) is 15.5. The van der Waals surface area contributed by atoms with Crippen molar-refractivity contribution in [3.63, 3.8) is 0 Å². The zero-order chi connectivity index (χ0) is 19.3. The molecule has 2 aliphatic rings. The Morgan fingerprint density at radius 1 is 1.18 bits per heavy atom. The second kappa shape index (κ2) is 8.90. The molecule has 0 radical (unpaired) electrons. The Hall–Kier alpha value is -2.15. The first-order valence-corrected chi connectivity index (χ1v) is 10.4. The maximum atomic E-state index is 12.6. The smallest absolute Gasteiger partial charge is 0.279 e. The summed E-state index contributed by atoms with van der Waals surface area (Å²) in [5, 5.41) is 3.09. The van der Waals surface area contributed by atoms with E-state index in [1.807, 2.05) is 12.1 Å². The molecule has 2 atom stereocenters. The summed E-state index contributed by atoms with van der Waals surface area (Å²) in [7, 11) is 2.09. The Kier molecular flexibility index (Phi) is 6.10. The number of morpholine rings is 1. The highest BCUT2D eigenvalue weighted by Gasteiger charge is 2.32. The highest BCUT2D eigenvalue weighted by atomic mass is 16.5. The number of rotatable bonds is 6. The number of aromatic nitrogens is 1. The number of nitrogens with zero attached hydrogens (tertiary/aromatic N) is 1. The minimum atomic E-state index is 0.0997. The van der Waals surface area contributed by atoms with Gasteiger partial charge in [0.2, 0.25) is 0 Å². The van der Waals surface area contributed by atoms with E-state index in [4.69, 9.17) is 4.74 Å². The third-order valence-electron chi connectivity index (χ3n) is 6.10. The molecule has 2 aromatic rings. The van der Waals surface area contributed by atoms with E-state index in [2.05, 4.69) is 47.4 Å². The first-order chi connectivity index (χ1) is 13.7. The fraction of sp³-hybridized carbons (Fsp3) is 0.500. The largest absolute Gasteiger partial charge is 0.370 e. The number of quaternary nitrogens is 2. The van der Waals surface area contributed by atoms with Crippen LogP contribution in [0.5, 0.6) is 0 Å². The van der Waals surface area contributed by atoms with Crippen LogP contribution >= 0.6 is 0 Å². The van der Waals surface area contributed by atoms with E-state index in [0.717, 1.165) is 51.5 Å². The van der Waals surface area contributed by atoms with E-state index in [0.29, 0.717) is 12.6 Å². The van der Waals surface area contributed by atoms with Gasteiger partial charge in [0.1, 0.15) is 25.7 Å². The van der Waals surface area contributed by atoms with Crippen LogP contribution < -0.4 is 15.1 Å². The van der Waals surface area contributed by atoms with Gasteiger partial charge in [-0.15, -0.1) is 0 Å². The summed E-state index contributed by atoms with van der Waals surface area (Å²) >= 11 is 0. The standard InChI is InChI=1S/C22H30N4O2/c1-24-10-2-4-20(24)21-5-3-11-26(21)17-22(27)23-19-8-6-18(7-9-19)16-25-12-14-28-15-13-25/h2,4,6-10,21H,3,5,11-17H2,1H3,(H,23,27)/p+2/t21-/m0/s1. The van der Waals surface area contributed by atoms with Crippen molar-refractivity contribution in [2.24, 2.45) is 7.05 Å². The van der Waals surface area contributed by atoms with Crippen molar-refractivity contribution in [2.45, 2.75) is 25.4 Å². The van der Waals surface area contributed by atoms with Crippen molar-refractivity contribution in [2.75, 3.05) is 44.7 Å². The normalized spacial score (nSPS) is 23.0. The predicted octanol–water partition coefficient (Wildman–Crippen LogP) is -0.201. The Morgan fingerprint density at radius 2 is 1.96 bits per heavy atom. The number of anilines is 1. The number of hydrogen-bond acceptors (Lipinski definition) is 2. The first kappa shape index (κ1) is 19.2. The summed E-state index contributed by atoms with van der Waals surface area (Å²) in [6, 6.07) is 13.0. The minimum Gasteiger partial charge on any atom is -0.370 e. The molecule has 3 heterocycles. The van der Waals surface area contributed by atoms with Crippen molar-refractivity contribution >= 4 is 11.6 Å². The number of likely N-dealkylation sites (tertiary alicyclic amines) is 1. The third kappa shape index (κ3) is 4.63. The van der Waals surface area contributed by atoms with Gasteiger partial charge in [-0.05, 0) is 24.3 Å². The fourth-order valence-corrected chi connectivity index (χ4v) is 4.56. The van der Waals surface area contributed by atoms with Gasteiger partial charge in [-0.25, -0.2) is 0 Å². The molecule has 2 aliphatic heterocycles. The summed E-state index contributed by atoms with van der Waals surface area (Å²) in [5.74, 6) is 0.0997. The Balaban J connectivity index is 1.30. The number of ether oxygens (including phenoxy) is 1. The van der Waals surface area contributed by atoms with Gasteiger partial charge in [-0.3, -0.25) is 4.79 Å². The third-order valence-corrected chi connectivity index (χ3v) is 6.10. The summed E-state index contributed by atoms with van der Waals surface area (Å²) < 4.78 is 7.60. The zero-order valence-electron chi connectivity index (χ0n) is 16.7. The van der Waals surface area contributed by atoms with E-state index in [9.17, 15) is 4.79 Å². The van der Waals surface area contributed by atoms with Gasteiger partial charge in [0.15, 0.2) is 6.54 Å². The van der Waals surface area contributed by atoms with Gasteiger partial charge in [0.25, 0.3) is 5.91 Å². The van der Waals surface area contributed by atoms with Gasteiger partial charge in [-0.2, -0.15) is 0 Å². The molecule has 28 heavy (non-hydrogen) atoms. The molecule has 2 saturated heterocycles. The number of carbonyl (C=O) groups is 1. The van der Waals surface area contributed by atoms with Crippen molar-refractivity contribution in [1.82, 2.24) is 4.57 Å². The molecular weight excluding hydrogens is 352 g/mol. The molecule has 0 spiro atoms. The average molecular weight is 385 g/mol. The molecule has 0 aliphatic carbocycles. The highest BCUT2D eigenvalue weighted by molar-refractivity contribution is 5.91. The molecule has 0 bridgehead atoms. The van der Waals surface area contributed by atoms with Crippen LogP contribution in [0.2, 0.25) is 0 Å². The van der Waals surface area contributed by atoms with Gasteiger partial charge >= 0.3 is 0 Å². The Labute approximate surface area is 167 Å². The van der Waals surface area contributed by atoms with Crippen LogP contribution in [0.3, 0.4) is 0 Å². The van der Waals surface area contributed by atoms with Crippen LogP contribution in [0.25, 0.3) is 0 Å². The fourth-order valence-electron chi connectivity index (χ4n) is 4.56. The van der Waals surface area contributed by atoms with E-state index in [1.54, 1.807) is 4.90 Å². The van der Waals surface area contributed by atoms with Crippen molar-refractivity contribution in [1.29, 1.82) is 0 Å². The molecule has 2 fully saturated rings. The number of nitrogens with one attached hydrogen (secondary N) is 3. The molecule has 6 heteroatoms. The maximum absolute atomic E-state index is 12.6. The van der Waals surface area contributed by atoms with E-state index in [1.165, 1.54) is 22.6 Å². The molecule has 150 valence electrons.